The zero-order valence-corrected chi connectivity index (χ0v) is 19.7. The van der Waals surface area contributed by atoms with Crippen molar-refractivity contribution in [3.8, 4) is 11.5 Å². The first-order valence-corrected chi connectivity index (χ1v) is 11.0. The number of rotatable bonds is 9. The van der Waals surface area contributed by atoms with E-state index >= 15 is 0 Å². The van der Waals surface area contributed by atoms with Crippen molar-refractivity contribution < 1.29 is 19.0 Å². The number of carbonyl (C=O) groups excluding carboxylic acids is 1. The molecule has 7 nitrogen and oxygen atoms in total. The van der Waals surface area contributed by atoms with E-state index in [2.05, 4.69) is 30.8 Å². The average molecular weight is 490 g/mol. The van der Waals surface area contributed by atoms with E-state index in [1.165, 1.54) is 26.4 Å². The number of hydrogen-bond donors (Lipinski definition) is 0. The standard InChI is InChI=1S/C23H28BrN3O4/c1-29-19-11-16(12-20(30-2)22(19)24)13-25-15-18(28)23(31-3)17-7-8-21(26-14-17)27-9-5-4-6-10-27/h7-8,11-14,23H,4-6,9-10,15H2,1-3H3. The lowest BCUT2D eigenvalue weighted by molar-refractivity contribution is -0.127. The molecule has 1 fully saturated rings. The predicted octanol–water partition coefficient (Wildman–Crippen LogP) is 4.23. The van der Waals surface area contributed by atoms with Crippen molar-refractivity contribution in [1.29, 1.82) is 0 Å². The molecule has 1 atom stereocenters. The Morgan fingerprint density at radius 3 is 2.39 bits per heavy atom. The molecule has 1 aromatic heterocycles. The fourth-order valence-corrected chi connectivity index (χ4v) is 4.16. The summed E-state index contributed by atoms with van der Waals surface area (Å²) in [5.41, 5.74) is 1.50. The smallest absolute Gasteiger partial charge is 0.187 e. The fourth-order valence-electron chi connectivity index (χ4n) is 3.60. The molecule has 166 valence electrons. The van der Waals surface area contributed by atoms with Crippen molar-refractivity contribution in [3.05, 3.63) is 46.1 Å². The van der Waals surface area contributed by atoms with Crippen LogP contribution in [0.1, 0.15) is 36.5 Å². The maximum atomic E-state index is 12.7. The van der Waals surface area contributed by atoms with E-state index in [4.69, 9.17) is 14.2 Å². The van der Waals surface area contributed by atoms with Crippen LogP contribution < -0.4 is 14.4 Å². The SMILES string of the molecule is COc1cc(C=NCC(=O)C(OC)c2ccc(N3CCCCC3)nc2)cc(OC)c1Br. The maximum absolute atomic E-state index is 12.7. The minimum atomic E-state index is -0.700. The van der Waals surface area contributed by atoms with Gasteiger partial charge in [0.15, 0.2) is 5.78 Å². The van der Waals surface area contributed by atoms with Crippen LogP contribution in [0.3, 0.4) is 0 Å². The van der Waals surface area contributed by atoms with Gasteiger partial charge in [0.25, 0.3) is 0 Å². The van der Waals surface area contributed by atoms with Gasteiger partial charge in [-0.3, -0.25) is 9.79 Å². The van der Waals surface area contributed by atoms with Gasteiger partial charge < -0.3 is 19.1 Å². The van der Waals surface area contributed by atoms with Crippen LogP contribution >= 0.6 is 15.9 Å². The van der Waals surface area contributed by atoms with Gasteiger partial charge in [0.1, 0.15) is 34.4 Å². The molecule has 0 amide bonds. The molecule has 0 N–H and O–H groups in total. The summed E-state index contributed by atoms with van der Waals surface area (Å²) in [7, 11) is 4.69. The van der Waals surface area contributed by atoms with Crippen molar-refractivity contribution in [2.24, 2.45) is 4.99 Å². The van der Waals surface area contributed by atoms with Crippen molar-refractivity contribution in [2.45, 2.75) is 25.4 Å². The number of aliphatic imine (C=N–C) groups is 1. The van der Waals surface area contributed by atoms with Gasteiger partial charge in [0.2, 0.25) is 0 Å². The summed E-state index contributed by atoms with van der Waals surface area (Å²) in [6.07, 6.45) is 6.31. The van der Waals surface area contributed by atoms with Crippen LogP contribution in [0.4, 0.5) is 5.82 Å². The summed E-state index contributed by atoms with van der Waals surface area (Å²) < 4.78 is 16.9. The lowest BCUT2D eigenvalue weighted by Crippen LogP contribution is -2.30. The maximum Gasteiger partial charge on any atom is 0.187 e. The zero-order valence-electron chi connectivity index (χ0n) is 18.1. The van der Waals surface area contributed by atoms with Crippen molar-refractivity contribution in [3.63, 3.8) is 0 Å². The molecule has 1 unspecified atom stereocenters. The van der Waals surface area contributed by atoms with Crippen LogP contribution in [0.15, 0.2) is 39.9 Å². The molecule has 0 saturated carbocycles. The normalized spacial score (nSPS) is 15.2. The second-order valence-electron chi connectivity index (χ2n) is 7.29. The van der Waals surface area contributed by atoms with Gasteiger partial charge >= 0.3 is 0 Å². The van der Waals surface area contributed by atoms with E-state index in [1.807, 2.05) is 24.3 Å². The Bertz CT molecular complexity index is 887. The lowest BCUT2D eigenvalue weighted by atomic mass is 10.1. The Morgan fingerprint density at radius 2 is 1.84 bits per heavy atom. The third-order valence-electron chi connectivity index (χ3n) is 5.24. The van der Waals surface area contributed by atoms with E-state index in [1.54, 1.807) is 26.6 Å². The first kappa shape index (κ1) is 23.2. The predicted molar refractivity (Wildman–Crippen MR) is 125 cm³/mol. The minimum Gasteiger partial charge on any atom is -0.495 e. The van der Waals surface area contributed by atoms with E-state index in [0.29, 0.717) is 11.5 Å². The monoisotopic (exact) mass is 489 g/mol. The molecule has 0 radical (unpaired) electrons. The average Bonchev–Trinajstić information content (AvgIpc) is 2.81. The second-order valence-corrected chi connectivity index (χ2v) is 8.08. The molecule has 31 heavy (non-hydrogen) atoms. The number of pyridine rings is 1. The summed E-state index contributed by atoms with van der Waals surface area (Å²) in [6, 6.07) is 7.51. The Morgan fingerprint density at radius 1 is 1.16 bits per heavy atom. The number of piperidine rings is 1. The third-order valence-corrected chi connectivity index (χ3v) is 6.02. The van der Waals surface area contributed by atoms with E-state index in [0.717, 1.165) is 34.5 Å². The number of Topliss-reactive ketones (excluding diaryl/α,β-unsaturated/α-hetero) is 1. The zero-order chi connectivity index (χ0) is 22.2. The largest absolute Gasteiger partial charge is 0.495 e. The van der Waals surface area contributed by atoms with Gasteiger partial charge in [0.05, 0.1) is 14.2 Å². The van der Waals surface area contributed by atoms with Crippen molar-refractivity contribution in [1.82, 2.24) is 4.98 Å². The Labute approximate surface area is 191 Å². The van der Waals surface area contributed by atoms with Crippen molar-refractivity contribution >= 4 is 33.7 Å². The summed E-state index contributed by atoms with van der Waals surface area (Å²) >= 11 is 3.44. The van der Waals surface area contributed by atoms with Gasteiger partial charge in [-0.25, -0.2) is 4.98 Å². The second kappa shape index (κ2) is 11.2. The summed E-state index contributed by atoms with van der Waals surface area (Å²) in [6.45, 7) is 2.05. The number of hydrogen-bond acceptors (Lipinski definition) is 7. The summed E-state index contributed by atoms with van der Waals surface area (Å²) in [4.78, 5) is 23.8. The molecule has 1 aliphatic heterocycles. The summed E-state index contributed by atoms with van der Waals surface area (Å²) in [5, 5.41) is 0. The molecular weight excluding hydrogens is 462 g/mol. The Kier molecular flexibility index (Phi) is 8.43. The van der Waals surface area contributed by atoms with Gasteiger partial charge in [-0.1, -0.05) is 6.07 Å². The van der Waals surface area contributed by atoms with Crippen LogP contribution in [0.5, 0.6) is 11.5 Å². The molecule has 2 aromatic rings. The summed E-state index contributed by atoms with van der Waals surface area (Å²) in [5.74, 6) is 2.06. The highest BCUT2D eigenvalue weighted by atomic mass is 79.9. The molecule has 0 spiro atoms. The van der Waals surface area contributed by atoms with Gasteiger partial charge in [-0.05, 0) is 59.0 Å². The molecule has 3 rings (SSSR count). The lowest BCUT2D eigenvalue weighted by Gasteiger charge is -2.27. The first-order valence-electron chi connectivity index (χ1n) is 10.2. The molecule has 1 aromatic carbocycles. The van der Waals surface area contributed by atoms with E-state index in [-0.39, 0.29) is 12.3 Å². The Balaban J connectivity index is 1.66. The number of anilines is 1. The van der Waals surface area contributed by atoms with E-state index < -0.39 is 6.10 Å². The molecule has 1 saturated heterocycles. The van der Waals surface area contributed by atoms with Crippen LogP contribution in [-0.4, -0.2) is 57.9 Å². The highest BCUT2D eigenvalue weighted by Gasteiger charge is 2.21. The molecule has 2 heterocycles. The van der Waals surface area contributed by atoms with Crippen LogP contribution in [0, 0.1) is 0 Å². The minimum absolute atomic E-state index is 0.00687. The number of nitrogens with zero attached hydrogens (tertiary/aromatic N) is 3. The number of methoxy groups -OCH3 is 3. The quantitative estimate of drug-likeness (QED) is 0.490. The number of carbonyl (C=O) groups is 1. The topological polar surface area (TPSA) is 73.3 Å². The highest BCUT2D eigenvalue weighted by molar-refractivity contribution is 9.10. The third kappa shape index (κ3) is 5.83. The molecule has 1 aliphatic rings. The number of ether oxygens (including phenoxy) is 3. The highest BCUT2D eigenvalue weighted by Crippen LogP contribution is 2.35. The number of aromatic nitrogens is 1. The Hall–Kier alpha value is -2.45. The molecule has 8 heteroatoms. The fraction of sp³-hybridized carbons (Fsp3) is 0.435. The van der Waals surface area contributed by atoms with Gasteiger partial charge in [-0.2, -0.15) is 0 Å². The molecule has 0 bridgehead atoms. The van der Waals surface area contributed by atoms with Gasteiger partial charge in [0, 0.05) is 38.2 Å². The van der Waals surface area contributed by atoms with E-state index in [9.17, 15) is 4.79 Å². The van der Waals surface area contributed by atoms with Crippen LogP contribution in [0.25, 0.3) is 0 Å². The van der Waals surface area contributed by atoms with Crippen molar-refractivity contribution in [2.75, 3.05) is 45.9 Å². The number of ketones is 1. The molecular formula is C23H28BrN3O4. The molecule has 0 aliphatic carbocycles. The van der Waals surface area contributed by atoms with Crippen LogP contribution in [-0.2, 0) is 9.53 Å². The number of benzene rings is 1. The first-order chi connectivity index (χ1) is 15.1. The van der Waals surface area contributed by atoms with Gasteiger partial charge in [-0.15, -0.1) is 0 Å². The number of halogens is 1. The van der Waals surface area contributed by atoms with Crippen LogP contribution in [0.2, 0.25) is 0 Å².